The standard InChI is InChI=1S/C11H20N4O8S/c1-24(21,22)15-7-4(14-11(12)13)2-6(10(19)20)23-9(7)8(18)5(17)3-16/h2,4-5,7-9,15-18H,3H2,1H3,(H,19,20)(H4,12,13,14)/t4-,5+,7+,8+,9+/m0/s1. The summed E-state index contributed by atoms with van der Waals surface area (Å²) in [7, 11) is -3.84. The SMILES string of the molecule is CS(=O)(=O)N[C@H]1[C@H]([C@H](O)[C@H](O)CO)OC(C(=O)O)=C[C@@H]1N=C(N)N. The molecule has 0 radical (unpaired) electrons. The Morgan fingerprint density at radius 3 is 2.46 bits per heavy atom. The summed E-state index contributed by atoms with van der Waals surface area (Å²) in [5.74, 6) is -2.62. The number of rotatable bonds is 7. The second-order valence-electron chi connectivity index (χ2n) is 5.12. The number of carboxylic acid groups (broad SMARTS) is 1. The summed E-state index contributed by atoms with van der Waals surface area (Å²) in [5.41, 5.74) is 10.5. The third-order valence-electron chi connectivity index (χ3n) is 3.08. The molecule has 24 heavy (non-hydrogen) atoms. The number of aliphatic hydroxyl groups excluding tert-OH is 3. The first kappa shape index (κ1) is 20.1. The van der Waals surface area contributed by atoms with Crippen molar-refractivity contribution in [3.8, 4) is 0 Å². The van der Waals surface area contributed by atoms with Crippen LogP contribution in [0.1, 0.15) is 0 Å². The molecule has 0 fully saturated rings. The molecule has 1 rings (SSSR count). The summed E-state index contributed by atoms with van der Waals surface area (Å²) in [6, 6.07) is -2.56. The van der Waals surface area contributed by atoms with Crippen LogP contribution in [0.25, 0.3) is 0 Å². The molecule has 0 saturated carbocycles. The lowest BCUT2D eigenvalue weighted by molar-refractivity contribution is -0.144. The van der Waals surface area contributed by atoms with Gasteiger partial charge in [0.15, 0.2) is 5.96 Å². The fraction of sp³-hybridized carbons (Fsp3) is 0.636. The molecule has 0 bridgehead atoms. The summed E-state index contributed by atoms with van der Waals surface area (Å²) in [6.45, 7) is -0.869. The van der Waals surface area contributed by atoms with Gasteiger partial charge in [-0.2, -0.15) is 0 Å². The van der Waals surface area contributed by atoms with E-state index in [4.69, 9.17) is 26.4 Å². The predicted octanol–water partition coefficient (Wildman–Crippen LogP) is -4.37. The Hall–Kier alpha value is -1.93. The molecule has 0 aromatic rings. The first-order valence-corrected chi connectivity index (χ1v) is 8.50. The van der Waals surface area contributed by atoms with E-state index in [0.717, 1.165) is 12.3 Å². The Morgan fingerprint density at radius 2 is 2.04 bits per heavy atom. The highest BCUT2D eigenvalue weighted by Crippen LogP contribution is 2.25. The van der Waals surface area contributed by atoms with Crippen LogP contribution >= 0.6 is 0 Å². The lowest BCUT2D eigenvalue weighted by Crippen LogP contribution is -2.59. The zero-order valence-electron chi connectivity index (χ0n) is 12.6. The first-order chi connectivity index (χ1) is 11.0. The van der Waals surface area contributed by atoms with E-state index < -0.39 is 64.7 Å². The number of guanidine groups is 1. The topological polar surface area (TPSA) is 218 Å². The van der Waals surface area contributed by atoms with Gasteiger partial charge in [0.25, 0.3) is 0 Å². The molecule has 12 nitrogen and oxygen atoms in total. The molecule has 0 aliphatic carbocycles. The van der Waals surface area contributed by atoms with Gasteiger partial charge in [-0.3, -0.25) is 0 Å². The minimum absolute atomic E-state index is 0.459. The van der Waals surface area contributed by atoms with E-state index in [1.54, 1.807) is 0 Å². The van der Waals surface area contributed by atoms with Gasteiger partial charge in [0.05, 0.1) is 24.9 Å². The Labute approximate surface area is 137 Å². The maximum atomic E-state index is 11.5. The Bertz CT molecular complexity index is 630. The van der Waals surface area contributed by atoms with Crippen molar-refractivity contribution >= 4 is 22.0 Å². The zero-order chi connectivity index (χ0) is 18.7. The molecule has 0 aromatic carbocycles. The molecule has 1 aliphatic rings. The van der Waals surface area contributed by atoms with Gasteiger partial charge in [-0.25, -0.2) is 22.9 Å². The first-order valence-electron chi connectivity index (χ1n) is 6.61. The molecule has 1 aliphatic heterocycles. The molecule has 0 unspecified atom stereocenters. The normalized spacial score (nSPS) is 26.7. The molecule has 138 valence electrons. The van der Waals surface area contributed by atoms with Crippen molar-refractivity contribution in [1.82, 2.24) is 4.72 Å². The number of aliphatic hydroxyl groups is 3. The van der Waals surface area contributed by atoms with Crippen LogP contribution in [-0.2, 0) is 19.6 Å². The molecule has 0 aromatic heterocycles. The molecular formula is C11H20N4O8S. The number of aliphatic imine (C=N–C) groups is 1. The molecule has 1 heterocycles. The van der Waals surface area contributed by atoms with Crippen molar-refractivity contribution in [3.05, 3.63) is 11.8 Å². The van der Waals surface area contributed by atoms with Crippen LogP contribution in [0.15, 0.2) is 16.8 Å². The van der Waals surface area contributed by atoms with Crippen LogP contribution in [0.2, 0.25) is 0 Å². The van der Waals surface area contributed by atoms with Crippen LogP contribution in [0.4, 0.5) is 0 Å². The second kappa shape index (κ2) is 7.76. The Balaban J connectivity index is 3.37. The average Bonchev–Trinajstić information content (AvgIpc) is 2.45. The van der Waals surface area contributed by atoms with Gasteiger partial charge in [-0.05, 0) is 6.08 Å². The lowest BCUT2D eigenvalue weighted by Gasteiger charge is -2.38. The summed E-state index contributed by atoms with van der Waals surface area (Å²) in [6.07, 6.45) is -3.34. The number of aliphatic carboxylic acids is 1. The number of sulfonamides is 1. The van der Waals surface area contributed by atoms with Gasteiger partial charge >= 0.3 is 5.97 Å². The maximum Gasteiger partial charge on any atom is 0.370 e. The second-order valence-corrected chi connectivity index (χ2v) is 6.90. The van der Waals surface area contributed by atoms with Crippen molar-refractivity contribution in [1.29, 1.82) is 0 Å². The highest BCUT2D eigenvalue weighted by atomic mass is 32.2. The molecule has 9 N–H and O–H groups in total. The molecule has 5 atom stereocenters. The number of nitrogens with one attached hydrogen (secondary N) is 1. The van der Waals surface area contributed by atoms with Gasteiger partial charge in [-0.15, -0.1) is 0 Å². The predicted molar refractivity (Wildman–Crippen MR) is 81.1 cm³/mol. The van der Waals surface area contributed by atoms with Crippen molar-refractivity contribution in [2.75, 3.05) is 12.9 Å². The Morgan fingerprint density at radius 1 is 1.46 bits per heavy atom. The van der Waals surface area contributed by atoms with Gasteiger partial charge in [0.1, 0.15) is 18.3 Å². The Kier molecular flexibility index (Phi) is 6.50. The van der Waals surface area contributed by atoms with Crippen LogP contribution < -0.4 is 16.2 Å². The number of hydrogen-bond acceptors (Lipinski definition) is 8. The zero-order valence-corrected chi connectivity index (χ0v) is 13.4. The van der Waals surface area contributed by atoms with Gasteiger partial charge in [0.2, 0.25) is 15.8 Å². The number of hydrogen-bond donors (Lipinski definition) is 7. The lowest BCUT2D eigenvalue weighted by atomic mass is 9.93. The van der Waals surface area contributed by atoms with Crippen LogP contribution in [0.5, 0.6) is 0 Å². The summed E-state index contributed by atoms with van der Waals surface area (Å²) in [5, 5.41) is 37.6. The average molecular weight is 368 g/mol. The fourth-order valence-electron chi connectivity index (χ4n) is 2.12. The summed E-state index contributed by atoms with van der Waals surface area (Å²) < 4.78 is 30.3. The number of nitrogens with two attached hydrogens (primary N) is 2. The van der Waals surface area contributed by atoms with E-state index >= 15 is 0 Å². The summed E-state index contributed by atoms with van der Waals surface area (Å²) in [4.78, 5) is 14.9. The van der Waals surface area contributed by atoms with Crippen LogP contribution in [0.3, 0.4) is 0 Å². The van der Waals surface area contributed by atoms with E-state index in [2.05, 4.69) is 9.71 Å². The highest BCUT2D eigenvalue weighted by molar-refractivity contribution is 7.88. The van der Waals surface area contributed by atoms with Crippen LogP contribution in [-0.4, -0.2) is 84.0 Å². The minimum atomic E-state index is -3.84. The van der Waals surface area contributed by atoms with Crippen molar-refractivity contribution in [2.24, 2.45) is 16.5 Å². The van der Waals surface area contributed by atoms with Gasteiger partial charge in [0, 0.05) is 0 Å². The molecule has 0 amide bonds. The van der Waals surface area contributed by atoms with Crippen LogP contribution in [0, 0.1) is 0 Å². The minimum Gasteiger partial charge on any atom is -0.479 e. The number of nitrogens with zero attached hydrogens (tertiary/aromatic N) is 1. The monoisotopic (exact) mass is 368 g/mol. The third kappa shape index (κ3) is 5.31. The van der Waals surface area contributed by atoms with E-state index in [-0.39, 0.29) is 0 Å². The number of carboxylic acids is 1. The molecule has 0 spiro atoms. The molecular weight excluding hydrogens is 348 g/mol. The molecule has 0 saturated heterocycles. The van der Waals surface area contributed by atoms with E-state index in [1.165, 1.54) is 0 Å². The quantitative estimate of drug-likeness (QED) is 0.169. The van der Waals surface area contributed by atoms with E-state index in [0.29, 0.717) is 0 Å². The number of carbonyl (C=O) groups is 1. The fourth-order valence-corrected chi connectivity index (χ4v) is 2.88. The van der Waals surface area contributed by atoms with E-state index in [1.807, 2.05) is 0 Å². The summed E-state index contributed by atoms with van der Waals surface area (Å²) >= 11 is 0. The van der Waals surface area contributed by atoms with Gasteiger partial charge < -0.3 is 36.6 Å². The highest BCUT2D eigenvalue weighted by Gasteiger charge is 2.44. The maximum absolute atomic E-state index is 11.5. The van der Waals surface area contributed by atoms with Gasteiger partial charge in [-0.1, -0.05) is 0 Å². The largest absolute Gasteiger partial charge is 0.479 e. The molecule has 13 heteroatoms. The third-order valence-corrected chi connectivity index (χ3v) is 3.78. The van der Waals surface area contributed by atoms with Crippen molar-refractivity contribution in [3.63, 3.8) is 0 Å². The smallest absolute Gasteiger partial charge is 0.370 e. The van der Waals surface area contributed by atoms with Crippen molar-refractivity contribution in [2.45, 2.75) is 30.4 Å². The number of ether oxygens (including phenoxy) is 1. The van der Waals surface area contributed by atoms with E-state index in [9.17, 15) is 23.4 Å². The van der Waals surface area contributed by atoms with Crippen molar-refractivity contribution < 1.29 is 38.4 Å².